The Labute approximate surface area is 153 Å². The molecule has 4 fully saturated rings. The lowest BCUT2D eigenvalue weighted by Crippen LogP contribution is -2.53. The molecular formula is C21H26N2OS. The topological polar surface area (TPSA) is 44.9 Å². The Bertz CT molecular complexity index is 761. The molecule has 1 amide bonds. The smallest absolute Gasteiger partial charge is 0.226 e. The molecule has 0 atom stereocenters. The second kappa shape index (κ2) is 6.08. The Morgan fingerprint density at radius 3 is 2.52 bits per heavy atom. The SMILES string of the molecule is O=C(NCCSc1c[nH]c2ccccc12)C12CC3CC(CC(C3)C1)C2. The lowest BCUT2D eigenvalue weighted by Gasteiger charge is -2.55. The van der Waals surface area contributed by atoms with E-state index < -0.39 is 0 Å². The first-order valence-electron chi connectivity index (χ1n) is 9.69. The van der Waals surface area contributed by atoms with E-state index in [1.165, 1.54) is 35.1 Å². The van der Waals surface area contributed by atoms with Crippen molar-refractivity contribution in [1.82, 2.24) is 10.3 Å². The van der Waals surface area contributed by atoms with Crippen molar-refractivity contribution in [2.24, 2.45) is 23.2 Å². The second-order valence-electron chi connectivity index (χ2n) is 8.50. The molecule has 2 N–H and O–H groups in total. The number of amides is 1. The van der Waals surface area contributed by atoms with E-state index >= 15 is 0 Å². The molecule has 4 bridgehead atoms. The van der Waals surface area contributed by atoms with Crippen LogP contribution in [-0.2, 0) is 4.79 Å². The van der Waals surface area contributed by atoms with Crippen molar-refractivity contribution in [2.45, 2.75) is 43.4 Å². The standard InChI is InChI=1S/C21H26N2OS/c24-20(21-10-14-7-15(11-21)9-16(8-14)12-21)22-5-6-25-19-13-23-18-4-2-1-3-17(18)19/h1-4,13-16,23H,5-12H2,(H,22,24). The zero-order chi connectivity index (χ0) is 16.9. The van der Waals surface area contributed by atoms with Crippen molar-refractivity contribution in [1.29, 1.82) is 0 Å². The van der Waals surface area contributed by atoms with Gasteiger partial charge in [-0.2, -0.15) is 0 Å². The van der Waals surface area contributed by atoms with Crippen LogP contribution >= 0.6 is 11.8 Å². The van der Waals surface area contributed by atoms with Crippen molar-refractivity contribution in [2.75, 3.05) is 12.3 Å². The van der Waals surface area contributed by atoms with Gasteiger partial charge in [-0.05, 0) is 62.3 Å². The number of H-pyrrole nitrogens is 1. The molecule has 4 saturated carbocycles. The van der Waals surface area contributed by atoms with Gasteiger partial charge in [-0.1, -0.05) is 18.2 Å². The maximum atomic E-state index is 12.9. The molecule has 1 heterocycles. The molecule has 3 nitrogen and oxygen atoms in total. The van der Waals surface area contributed by atoms with E-state index in [4.69, 9.17) is 0 Å². The fourth-order valence-corrected chi connectivity index (χ4v) is 6.97. The van der Waals surface area contributed by atoms with Gasteiger partial charge in [0.25, 0.3) is 0 Å². The van der Waals surface area contributed by atoms with Crippen LogP contribution in [0.25, 0.3) is 10.9 Å². The molecule has 1 aromatic carbocycles. The Balaban J connectivity index is 1.17. The van der Waals surface area contributed by atoms with Crippen molar-refractivity contribution in [3.63, 3.8) is 0 Å². The lowest BCUT2D eigenvalue weighted by molar-refractivity contribution is -0.146. The highest BCUT2D eigenvalue weighted by atomic mass is 32.2. The number of thioether (sulfide) groups is 1. The first-order valence-corrected chi connectivity index (χ1v) is 10.7. The predicted octanol–water partition coefficient (Wildman–Crippen LogP) is 4.59. The van der Waals surface area contributed by atoms with Crippen LogP contribution in [-0.4, -0.2) is 23.2 Å². The summed E-state index contributed by atoms with van der Waals surface area (Å²) in [4.78, 5) is 17.5. The number of fused-ring (bicyclic) bond motifs is 1. The monoisotopic (exact) mass is 354 g/mol. The fraction of sp³-hybridized carbons (Fsp3) is 0.571. The van der Waals surface area contributed by atoms with Gasteiger partial charge < -0.3 is 10.3 Å². The van der Waals surface area contributed by atoms with Gasteiger partial charge in [-0.25, -0.2) is 0 Å². The van der Waals surface area contributed by atoms with Crippen LogP contribution in [0.2, 0.25) is 0 Å². The third-order valence-electron chi connectivity index (χ3n) is 6.72. The molecular weight excluding hydrogens is 328 g/mol. The van der Waals surface area contributed by atoms with Crippen molar-refractivity contribution in [3.05, 3.63) is 30.5 Å². The maximum absolute atomic E-state index is 12.9. The van der Waals surface area contributed by atoms with Crippen molar-refractivity contribution >= 4 is 28.6 Å². The lowest BCUT2D eigenvalue weighted by atomic mass is 9.49. The van der Waals surface area contributed by atoms with E-state index in [2.05, 4.69) is 40.8 Å². The van der Waals surface area contributed by atoms with Gasteiger partial charge >= 0.3 is 0 Å². The van der Waals surface area contributed by atoms with Gasteiger partial charge in [-0.3, -0.25) is 4.79 Å². The highest BCUT2D eigenvalue weighted by Crippen LogP contribution is 2.60. The van der Waals surface area contributed by atoms with Crippen LogP contribution in [0.5, 0.6) is 0 Å². The Morgan fingerprint density at radius 2 is 1.80 bits per heavy atom. The molecule has 4 heteroatoms. The van der Waals surface area contributed by atoms with Gasteiger partial charge in [0.1, 0.15) is 0 Å². The van der Waals surface area contributed by atoms with Gasteiger partial charge in [0.2, 0.25) is 5.91 Å². The molecule has 4 aliphatic rings. The van der Waals surface area contributed by atoms with E-state index in [-0.39, 0.29) is 5.41 Å². The first-order chi connectivity index (χ1) is 12.2. The summed E-state index contributed by atoms with van der Waals surface area (Å²) in [5.74, 6) is 3.78. The van der Waals surface area contributed by atoms with Gasteiger partial charge in [0.15, 0.2) is 0 Å². The van der Waals surface area contributed by atoms with Crippen LogP contribution < -0.4 is 5.32 Å². The number of rotatable bonds is 5. The quantitative estimate of drug-likeness (QED) is 0.609. The second-order valence-corrected chi connectivity index (χ2v) is 9.64. The third kappa shape index (κ3) is 2.79. The van der Waals surface area contributed by atoms with Gasteiger partial charge in [0.05, 0.1) is 0 Å². The first kappa shape index (κ1) is 15.8. The average molecular weight is 355 g/mol. The van der Waals surface area contributed by atoms with Gasteiger partial charge in [0, 0.05) is 39.7 Å². The van der Waals surface area contributed by atoms with Crippen LogP contribution in [0.4, 0.5) is 0 Å². The molecule has 0 unspecified atom stereocenters. The molecule has 0 saturated heterocycles. The highest BCUT2D eigenvalue weighted by Gasteiger charge is 2.54. The largest absolute Gasteiger partial charge is 0.360 e. The Morgan fingerprint density at radius 1 is 1.12 bits per heavy atom. The highest BCUT2D eigenvalue weighted by molar-refractivity contribution is 7.99. The number of benzene rings is 1. The summed E-state index contributed by atoms with van der Waals surface area (Å²) in [7, 11) is 0. The molecule has 0 radical (unpaired) electrons. The summed E-state index contributed by atoms with van der Waals surface area (Å²) in [6.45, 7) is 0.769. The summed E-state index contributed by atoms with van der Waals surface area (Å²) in [6, 6.07) is 8.39. The Hall–Kier alpha value is -1.42. The molecule has 2 aromatic rings. The van der Waals surface area contributed by atoms with E-state index in [1.54, 1.807) is 0 Å². The van der Waals surface area contributed by atoms with Crippen molar-refractivity contribution in [3.8, 4) is 0 Å². The maximum Gasteiger partial charge on any atom is 0.226 e. The Kier molecular flexibility index (Phi) is 3.85. The number of para-hydroxylation sites is 1. The number of carbonyl (C=O) groups is 1. The zero-order valence-electron chi connectivity index (χ0n) is 14.6. The van der Waals surface area contributed by atoms with E-state index in [9.17, 15) is 4.79 Å². The number of nitrogens with one attached hydrogen (secondary N) is 2. The summed E-state index contributed by atoms with van der Waals surface area (Å²) in [5, 5.41) is 4.56. The minimum Gasteiger partial charge on any atom is -0.360 e. The molecule has 4 aliphatic carbocycles. The predicted molar refractivity (Wildman–Crippen MR) is 103 cm³/mol. The summed E-state index contributed by atoms with van der Waals surface area (Å²) in [6.07, 6.45) is 9.71. The fourth-order valence-electron chi connectivity index (χ4n) is 6.07. The van der Waals surface area contributed by atoms with Crippen LogP contribution in [0.1, 0.15) is 38.5 Å². The van der Waals surface area contributed by atoms with E-state index in [0.29, 0.717) is 5.91 Å². The number of carbonyl (C=O) groups excluding carboxylic acids is 1. The zero-order valence-corrected chi connectivity index (χ0v) is 15.4. The van der Waals surface area contributed by atoms with E-state index in [0.717, 1.165) is 49.3 Å². The summed E-state index contributed by atoms with van der Waals surface area (Å²) in [5.41, 5.74) is 1.17. The average Bonchev–Trinajstić information content (AvgIpc) is 3.00. The van der Waals surface area contributed by atoms with E-state index in [1.807, 2.05) is 11.8 Å². The summed E-state index contributed by atoms with van der Waals surface area (Å²) < 4.78 is 0. The molecule has 6 rings (SSSR count). The van der Waals surface area contributed by atoms with Crippen LogP contribution in [0, 0.1) is 23.2 Å². The molecule has 25 heavy (non-hydrogen) atoms. The number of hydrogen-bond donors (Lipinski definition) is 2. The van der Waals surface area contributed by atoms with Crippen molar-refractivity contribution < 1.29 is 4.79 Å². The molecule has 0 spiro atoms. The van der Waals surface area contributed by atoms with Crippen LogP contribution in [0.15, 0.2) is 35.4 Å². The molecule has 1 aromatic heterocycles. The molecule has 132 valence electrons. The third-order valence-corrected chi connectivity index (χ3v) is 7.77. The van der Waals surface area contributed by atoms with Gasteiger partial charge in [-0.15, -0.1) is 11.8 Å². The molecule has 0 aliphatic heterocycles. The number of aromatic nitrogens is 1. The van der Waals surface area contributed by atoms with Crippen LogP contribution in [0.3, 0.4) is 0 Å². The number of aromatic amines is 1. The minimum absolute atomic E-state index is 0.0137. The minimum atomic E-state index is -0.0137. The normalized spacial score (nSPS) is 33.0. The number of hydrogen-bond acceptors (Lipinski definition) is 2. The summed E-state index contributed by atoms with van der Waals surface area (Å²) >= 11 is 1.83.